The third-order valence-corrected chi connectivity index (χ3v) is 6.48. The molecule has 0 atom stereocenters. The van der Waals surface area contributed by atoms with Crippen LogP contribution in [0.1, 0.15) is 42.2 Å². The van der Waals surface area contributed by atoms with E-state index in [2.05, 4.69) is 0 Å². The zero-order chi connectivity index (χ0) is 25.7. The van der Waals surface area contributed by atoms with Crippen molar-refractivity contribution in [3.05, 3.63) is 123 Å². The van der Waals surface area contributed by atoms with Crippen LogP contribution in [-0.4, -0.2) is 17.8 Å². The van der Waals surface area contributed by atoms with E-state index < -0.39 is 23.4 Å². The van der Waals surface area contributed by atoms with Gasteiger partial charge in [-0.25, -0.2) is 14.5 Å². The van der Waals surface area contributed by atoms with Crippen LogP contribution in [0.3, 0.4) is 0 Å². The van der Waals surface area contributed by atoms with Gasteiger partial charge in [0.1, 0.15) is 12.2 Å². The molecule has 1 aliphatic rings. The van der Waals surface area contributed by atoms with Crippen molar-refractivity contribution in [2.75, 3.05) is 4.90 Å². The van der Waals surface area contributed by atoms with Gasteiger partial charge >= 0.3 is 11.6 Å². The maximum absolute atomic E-state index is 13.2. The van der Waals surface area contributed by atoms with Gasteiger partial charge in [0.25, 0.3) is 11.8 Å². The summed E-state index contributed by atoms with van der Waals surface area (Å²) in [5.74, 6) is -1.45. The van der Waals surface area contributed by atoms with E-state index in [-0.39, 0.29) is 12.2 Å². The van der Waals surface area contributed by atoms with Crippen LogP contribution in [0, 0.1) is 6.92 Å². The van der Waals surface area contributed by atoms with Crippen molar-refractivity contribution in [3.8, 4) is 0 Å². The van der Waals surface area contributed by atoms with Crippen LogP contribution < -0.4 is 10.5 Å². The number of esters is 1. The molecule has 0 radical (unpaired) electrons. The number of nitrogens with zero attached hydrogens (tertiary/aromatic N) is 1. The number of carbonyl (C=O) groups is 3. The summed E-state index contributed by atoms with van der Waals surface area (Å²) in [5, 5.41) is 2.16. The largest absolute Gasteiger partial charge is 0.457 e. The number of fused-ring (bicyclic) bond motifs is 1. The summed E-state index contributed by atoms with van der Waals surface area (Å²) >= 11 is 0. The minimum Gasteiger partial charge on any atom is -0.457 e. The fourth-order valence-electron chi connectivity index (χ4n) is 4.69. The lowest BCUT2D eigenvalue weighted by Gasteiger charge is -2.27. The molecular formula is C30H19NO6. The summed E-state index contributed by atoms with van der Waals surface area (Å²) in [6, 6.07) is 23.5. The molecule has 4 aromatic carbocycles. The molecule has 0 spiro atoms. The number of carbonyl (C=O) groups excluding carboxylic acids is 3. The number of amides is 2. The van der Waals surface area contributed by atoms with Crippen LogP contribution in [0.15, 0.2) is 94.1 Å². The fraction of sp³-hybridized carbons (Fsp3) is 0.0667. The Bertz CT molecular complexity index is 1770. The van der Waals surface area contributed by atoms with Gasteiger partial charge in [-0.15, -0.1) is 0 Å². The minimum atomic E-state index is -0.605. The van der Waals surface area contributed by atoms with Crippen LogP contribution in [0.2, 0.25) is 0 Å². The van der Waals surface area contributed by atoms with Gasteiger partial charge in [0.2, 0.25) is 0 Å². The van der Waals surface area contributed by atoms with Crippen molar-refractivity contribution in [2.24, 2.45) is 0 Å². The van der Waals surface area contributed by atoms with Crippen LogP contribution in [0.25, 0.3) is 21.7 Å². The van der Waals surface area contributed by atoms with E-state index in [1.54, 1.807) is 30.3 Å². The second-order valence-electron chi connectivity index (χ2n) is 8.87. The number of hydrogen-bond donors (Lipinski definition) is 0. The van der Waals surface area contributed by atoms with E-state index in [9.17, 15) is 19.2 Å². The second kappa shape index (κ2) is 8.57. The van der Waals surface area contributed by atoms with Crippen molar-refractivity contribution in [2.45, 2.75) is 13.5 Å². The van der Waals surface area contributed by atoms with Crippen LogP contribution in [0.4, 0.5) is 5.69 Å². The Morgan fingerprint density at radius 2 is 1.51 bits per heavy atom. The highest BCUT2D eigenvalue weighted by molar-refractivity contribution is 6.35. The van der Waals surface area contributed by atoms with Gasteiger partial charge in [0.15, 0.2) is 0 Å². The fourth-order valence-corrected chi connectivity index (χ4v) is 4.69. The SMILES string of the molecule is Cc1ccc2c(COC(=O)c3ccc(N4C(=O)c5cccc6cccc(c56)C4=O)cc3)cc(=O)oc2c1. The number of anilines is 1. The highest BCUT2D eigenvalue weighted by Gasteiger charge is 2.33. The molecule has 7 nitrogen and oxygen atoms in total. The van der Waals surface area contributed by atoms with E-state index in [0.29, 0.717) is 38.7 Å². The lowest BCUT2D eigenvalue weighted by molar-refractivity contribution is 0.0473. The van der Waals surface area contributed by atoms with Gasteiger partial charge in [-0.3, -0.25) is 9.59 Å². The zero-order valence-corrected chi connectivity index (χ0v) is 19.7. The molecule has 0 N–H and O–H groups in total. The average Bonchev–Trinajstić information content (AvgIpc) is 2.90. The van der Waals surface area contributed by atoms with Crippen molar-refractivity contribution in [1.82, 2.24) is 0 Å². The predicted molar refractivity (Wildman–Crippen MR) is 138 cm³/mol. The molecule has 7 heteroatoms. The Balaban J connectivity index is 1.24. The molecule has 0 fully saturated rings. The molecule has 2 amide bonds. The maximum atomic E-state index is 13.2. The van der Waals surface area contributed by atoms with Gasteiger partial charge in [-0.1, -0.05) is 36.4 Å². The molecule has 1 aliphatic heterocycles. The standard InChI is InChI=1S/C30H19NO6/c1-17-8-13-22-20(15-26(32)37-25(22)14-17)16-36-30(35)19-9-11-21(12-10-19)31-28(33)23-6-2-4-18-5-3-7-24(27(18)23)29(31)34/h2-15H,16H2,1H3. The smallest absolute Gasteiger partial charge is 0.338 e. The minimum absolute atomic E-state index is 0.115. The number of aryl methyl sites for hydroxylation is 1. The lowest BCUT2D eigenvalue weighted by atomic mass is 9.94. The monoisotopic (exact) mass is 489 g/mol. The first kappa shape index (κ1) is 22.4. The first-order valence-electron chi connectivity index (χ1n) is 11.6. The highest BCUT2D eigenvalue weighted by Crippen LogP contribution is 2.33. The number of imide groups is 1. The zero-order valence-electron chi connectivity index (χ0n) is 19.7. The quantitative estimate of drug-likeness (QED) is 0.190. The Morgan fingerprint density at radius 3 is 2.19 bits per heavy atom. The lowest BCUT2D eigenvalue weighted by Crippen LogP contribution is -2.40. The first-order valence-corrected chi connectivity index (χ1v) is 11.6. The Morgan fingerprint density at radius 1 is 0.838 bits per heavy atom. The molecule has 0 aliphatic carbocycles. The maximum Gasteiger partial charge on any atom is 0.338 e. The predicted octanol–water partition coefficient (Wildman–Crippen LogP) is 5.41. The molecule has 0 unspecified atom stereocenters. The molecule has 6 rings (SSSR count). The van der Waals surface area contributed by atoms with Crippen molar-refractivity contribution in [3.63, 3.8) is 0 Å². The molecule has 0 saturated heterocycles. The molecule has 2 heterocycles. The van der Waals surface area contributed by atoms with E-state index in [1.165, 1.54) is 30.3 Å². The number of rotatable bonds is 4. The van der Waals surface area contributed by atoms with Crippen molar-refractivity contribution < 1.29 is 23.5 Å². The van der Waals surface area contributed by atoms with Crippen molar-refractivity contribution in [1.29, 1.82) is 0 Å². The van der Waals surface area contributed by atoms with Gasteiger partial charge in [0, 0.05) is 33.5 Å². The summed E-state index contributed by atoms with van der Waals surface area (Å²) in [5.41, 5.74) is 2.87. The summed E-state index contributed by atoms with van der Waals surface area (Å²) in [6.07, 6.45) is 0. The number of ether oxygens (including phenoxy) is 1. The molecule has 5 aromatic rings. The Kier molecular flexibility index (Phi) is 5.19. The van der Waals surface area contributed by atoms with Crippen molar-refractivity contribution >= 4 is 45.2 Å². The summed E-state index contributed by atoms with van der Waals surface area (Å²) in [6.45, 7) is 1.77. The Hall–Kier alpha value is -5.04. The summed E-state index contributed by atoms with van der Waals surface area (Å²) < 4.78 is 10.7. The molecule has 0 saturated carbocycles. The first-order chi connectivity index (χ1) is 17.9. The molecule has 180 valence electrons. The highest BCUT2D eigenvalue weighted by atomic mass is 16.5. The third kappa shape index (κ3) is 3.77. The normalized spacial score (nSPS) is 12.8. The van der Waals surface area contributed by atoms with E-state index in [4.69, 9.17) is 9.15 Å². The topological polar surface area (TPSA) is 93.9 Å². The third-order valence-electron chi connectivity index (χ3n) is 6.48. The Labute approximate surface area is 210 Å². The van der Waals surface area contributed by atoms with Crippen LogP contribution in [-0.2, 0) is 11.3 Å². The molecular weight excluding hydrogens is 470 g/mol. The van der Waals surface area contributed by atoms with E-state index in [0.717, 1.165) is 15.8 Å². The summed E-state index contributed by atoms with van der Waals surface area (Å²) in [4.78, 5) is 52.2. The van der Waals surface area contributed by atoms with Gasteiger partial charge in [-0.05, 0) is 60.3 Å². The molecule has 37 heavy (non-hydrogen) atoms. The van der Waals surface area contributed by atoms with Gasteiger partial charge in [-0.2, -0.15) is 0 Å². The van der Waals surface area contributed by atoms with Crippen LogP contribution in [0.5, 0.6) is 0 Å². The number of benzene rings is 4. The van der Waals surface area contributed by atoms with Crippen LogP contribution >= 0.6 is 0 Å². The van der Waals surface area contributed by atoms with E-state index >= 15 is 0 Å². The molecule has 0 bridgehead atoms. The second-order valence-corrected chi connectivity index (χ2v) is 8.87. The number of hydrogen-bond acceptors (Lipinski definition) is 6. The van der Waals surface area contributed by atoms with E-state index in [1.807, 2.05) is 31.2 Å². The average molecular weight is 489 g/mol. The molecule has 1 aromatic heterocycles. The van der Waals surface area contributed by atoms with Gasteiger partial charge in [0.05, 0.1) is 11.3 Å². The van der Waals surface area contributed by atoms with Gasteiger partial charge < -0.3 is 9.15 Å². The summed E-state index contributed by atoms with van der Waals surface area (Å²) in [7, 11) is 0.